The number of carboxylic acids is 1. The molecule has 1 fully saturated rings. The number of thiophene rings is 1. The molecule has 1 aliphatic rings. The summed E-state index contributed by atoms with van der Waals surface area (Å²) in [4.78, 5) is 17.4. The van der Waals surface area contributed by atoms with Gasteiger partial charge in [-0.3, -0.25) is 4.79 Å². The van der Waals surface area contributed by atoms with Gasteiger partial charge in [0.15, 0.2) is 0 Å². The Morgan fingerprint density at radius 3 is 3.05 bits per heavy atom. The Hall–Kier alpha value is -0.500. The summed E-state index contributed by atoms with van der Waals surface area (Å²) in [6, 6.07) is 3.86. The molecule has 1 saturated heterocycles. The molecule has 0 amide bonds. The summed E-state index contributed by atoms with van der Waals surface area (Å²) in [5.74, 6) is 2.80. The first kappa shape index (κ1) is 14.4. The fourth-order valence-electron chi connectivity index (χ4n) is 1.94. The lowest BCUT2D eigenvalue weighted by Gasteiger charge is -2.18. The normalized spacial score (nSPS) is 19.1. The lowest BCUT2D eigenvalue weighted by atomic mass is 10.3. The van der Waals surface area contributed by atoms with Gasteiger partial charge in [0.2, 0.25) is 0 Å². The molecule has 0 spiro atoms. The molecule has 2 aromatic rings. The van der Waals surface area contributed by atoms with E-state index >= 15 is 0 Å². The van der Waals surface area contributed by atoms with Crippen molar-refractivity contribution in [1.29, 1.82) is 0 Å². The van der Waals surface area contributed by atoms with Crippen LogP contribution in [0.1, 0.15) is 15.1 Å². The molecule has 2 aromatic heterocycles. The summed E-state index contributed by atoms with van der Waals surface area (Å²) in [6.45, 7) is 0. The molecule has 106 valence electrons. The van der Waals surface area contributed by atoms with E-state index in [9.17, 15) is 4.79 Å². The van der Waals surface area contributed by atoms with Crippen molar-refractivity contribution >= 4 is 52.2 Å². The predicted molar refractivity (Wildman–Crippen MR) is 89.3 cm³/mol. The second-order valence-corrected chi connectivity index (χ2v) is 8.86. The Morgan fingerprint density at radius 1 is 1.40 bits per heavy atom. The van der Waals surface area contributed by atoms with Crippen molar-refractivity contribution < 1.29 is 9.90 Å². The minimum Gasteiger partial charge on any atom is -0.481 e. The Balaban J connectivity index is 1.75. The lowest BCUT2D eigenvalue weighted by Crippen LogP contribution is -2.05. The number of carbonyl (C=O) groups is 1. The largest absolute Gasteiger partial charge is 0.481 e. The second kappa shape index (κ2) is 6.51. The van der Waals surface area contributed by atoms with E-state index in [2.05, 4.69) is 5.38 Å². The molecule has 0 bridgehead atoms. The van der Waals surface area contributed by atoms with Crippen molar-refractivity contribution in [3.8, 4) is 10.6 Å². The van der Waals surface area contributed by atoms with Crippen LogP contribution in [0.5, 0.6) is 0 Å². The highest BCUT2D eigenvalue weighted by molar-refractivity contribution is 8.06. The number of carboxylic acid groups (broad SMARTS) is 1. The Labute approximate surface area is 133 Å². The molecular weight excluding hydrogens is 330 g/mol. The highest BCUT2D eigenvalue weighted by atomic mass is 32.2. The van der Waals surface area contributed by atoms with E-state index in [1.54, 1.807) is 11.3 Å². The minimum absolute atomic E-state index is 0.0940. The van der Waals surface area contributed by atoms with E-state index in [0.29, 0.717) is 5.25 Å². The number of hydrogen-bond donors (Lipinski definition) is 1. The highest BCUT2D eigenvalue weighted by Crippen LogP contribution is 2.40. The van der Waals surface area contributed by atoms with Gasteiger partial charge in [-0.2, -0.15) is 11.8 Å². The van der Waals surface area contributed by atoms with Gasteiger partial charge in [0.1, 0.15) is 5.01 Å². The number of thiazole rings is 1. The average Bonchev–Trinajstić information content (AvgIpc) is 3.07. The van der Waals surface area contributed by atoms with E-state index in [1.165, 1.54) is 27.9 Å². The van der Waals surface area contributed by atoms with Gasteiger partial charge >= 0.3 is 5.97 Å². The van der Waals surface area contributed by atoms with Crippen molar-refractivity contribution in [2.45, 2.75) is 11.7 Å². The molecule has 1 aliphatic heterocycles. The van der Waals surface area contributed by atoms with Gasteiger partial charge in [-0.25, -0.2) is 4.98 Å². The topological polar surface area (TPSA) is 50.2 Å². The fourth-order valence-corrected chi connectivity index (χ4v) is 6.80. The van der Waals surface area contributed by atoms with E-state index in [4.69, 9.17) is 10.1 Å². The van der Waals surface area contributed by atoms with Crippen molar-refractivity contribution in [2.75, 3.05) is 17.3 Å². The standard InChI is InChI=1S/C13H13NO2S4/c15-12(16)5-8-1-2-10(20-8)9-6-19-13(14-9)11-7-17-3-4-18-11/h1-2,6,11H,3-5,7H2,(H,15,16). The monoisotopic (exact) mass is 343 g/mol. The van der Waals surface area contributed by atoms with Crippen LogP contribution in [0.3, 0.4) is 0 Å². The maximum Gasteiger partial charge on any atom is 0.308 e. The van der Waals surface area contributed by atoms with Crippen LogP contribution in [0.2, 0.25) is 0 Å². The number of aliphatic carboxylic acids is 1. The van der Waals surface area contributed by atoms with Crippen LogP contribution in [0.4, 0.5) is 0 Å². The molecule has 1 unspecified atom stereocenters. The summed E-state index contributed by atoms with van der Waals surface area (Å²) in [7, 11) is 0. The molecule has 1 atom stereocenters. The summed E-state index contributed by atoms with van der Waals surface area (Å²) in [5.41, 5.74) is 0.989. The van der Waals surface area contributed by atoms with Crippen LogP contribution < -0.4 is 0 Å². The van der Waals surface area contributed by atoms with Gasteiger partial charge in [-0.1, -0.05) is 0 Å². The third-order valence-corrected chi connectivity index (χ3v) is 7.83. The zero-order valence-corrected chi connectivity index (χ0v) is 13.8. The third kappa shape index (κ3) is 3.39. The fraction of sp³-hybridized carbons (Fsp3) is 0.385. The molecule has 3 heterocycles. The Bertz CT molecular complexity index is 601. The SMILES string of the molecule is O=C(O)Cc1ccc(-c2csc(C3CSCCS3)n2)s1. The molecule has 0 radical (unpaired) electrons. The molecule has 7 heteroatoms. The van der Waals surface area contributed by atoms with E-state index in [1.807, 2.05) is 35.7 Å². The molecule has 3 nitrogen and oxygen atoms in total. The number of thioether (sulfide) groups is 2. The number of nitrogens with zero attached hydrogens (tertiary/aromatic N) is 1. The van der Waals surface area contributed by atoms with E-state index < -0.39 is 5.97 Å². The first-order valence-corrected chi connectivity index (χ1v) is 10.1. The summed E-state index contributed by atoms with van der Waals surface area (Å²) in [5, 5.41) is 12.6. The number of rotatable bonds is 4. The quantitative estimate of drug-likeness (QED) is 0.908. The first-order chi connectivity index (χ1) is 9.72. The smallest absolute Gasteiger partial charge is 0.308 e. The van der Waals surface area contributed by atoms with Crippen LogP contribution >= 0.6 is 46.2 Å². The highest BCUT2D eigenvalue weighted by Gasteiger charge is 2.20. The summed E-state index contributed by atoms with van der Waals surface area (Å²) >= 11 is 7.23. The minimum atomic E-state index is -0.784. The van der Waals surface area contributed by atoms with E-state index in [0.717, 1.165) is 21.2 Å². The molecule has 0 aliphatic carbocycles. The Kier molecular flexibility index (Phi) is 4.70. The third-order valence-electron chi connectivity index (χ3n) is 2.85. The van der Waals surface area contributed by atoms with Crippen LogP contribution in [0.15, 0.2) is 17.5 Å². The maximum absolute atomic E-state index is 10.7. The van der Waals surface area contributed by atoms with Crippen molar-refractivity contribution in [2.24, 2.45) is 0 Å². The predicted octanol–water partition coefficient (Wildman–Crippen LogP) is 4.02. The zero-order chi connectivity index (χ0) is 13.9. The Morgan fingerprint density at radius 2 is 2.30 bits per heavy atom. The molecule has 1 N–H and O–H groups in total. The van der Waals surface area contributed by atoms with Crippen molar-refractivity contribution in [1.82, 2.24) is 4.98 Å². The maximum atomic E-state index is 10.7. The second-order valence-electron chi connectivity index (χ2n) is 4.34. The van der Waals surface area contributed by atoms with Gasteiger partial charge in [0, 0.05) is 27.5 Å². The summed E-state index contributed by atoms with van der Waals surface area (Å²) < 4.78 is 0. The summed E-state index contributed by atoms with van der Waals surface area (Å²) in [6.07, 6.45) is 0.0940. The average molecular weight is 344 g/mol. The van der Waals surface area contributed by atoms with Crippen molar-refractivity contribution in [3.63, 3.8) is 0 Å². The first-order valence-electron chi connectivity index (χ1n) is 6.18. The van der Waals surface area contributed by atoms with Crippen LogP contribution in [-0.2, 0) is 11.2 Å². The van der Waals surface area contributed by atoms with Gasteiger partial charge < -0.3 is 5.11 Å². The van der Waals surface area contributed by atoms with E-state index in [-0.39, 0.29) is 6.42 Å². The van der Waals surface area contributed by atoms with Gasteiger partial charge in [-0.05, 0) is 12.1 Å². The molecule has 0 saturated carbocycles. The van der Waals surface area contributed by atoms with Gasteiger partial charge in [0.05, 0.1) is 22.2 Å². The number of hydrogen-bond acceptors (Lipinski definition) is 6. The number of aromatic nitrogens is 1. The van der Waals surface area contributed by atoms with Crippen LogP contribution in [-0.4, -0.2) is 33.3 Å². The van der Waals surface area contributed by atoms with Crippen LogP contribution in [0, 0.1) is 0 Å². The molecule has 0 aromatic carbocycles. The molecule has 3 rings (SSSR count). The van der Waals surface area contributed by atoms with Crippen LogP contribution in [0.25, 0.3) is 10.6 Å². The molecule has 20 heavy (non-hydrogen) atoms. The zero-order valence-electron chi connectivity index (χ0n) is 10.6. The van der Waals surface area contributed by atoms with Gasteiger partial charge in [-0.15, -0.1) is 34.4 Å². The molecular formula is C13H13NO2S4. The lowest BCUT2D eigenvalue weighted by molar-refractivity contribution is -0.136. The van der Waals surface area contributed by atoms with Gasteiger partial charge in [0.25, 0.3) is 0 Å². The van der Waals surface area contributed by atoms with Crippen molar-refractivity contribution in [3.05, 3.63) is 27.4 Å².